The summed E-state index contributed by atoms with van der Waals surface area (Å²) in [5.74, 6) is 0.512. The highest BCUT2D eigenvalue weighted by Gasteiger charge is 2.39. The fourth-order valence-electron chi connectivity index (χ4n) is 3.48. The second-order valence-corrected chi connectivity index (χ2v) is 5.66. The largest absolute Gasteiger partial charge is 0.492 e. The first-order valence-electron chi connectivity index (χ1n) is 7.12. The van der Waals surface area contributed by atoms with Gasteiger partial charge in [-0.3, -0.25) is 4.90 Å². The monoisotopic (exact) mass is 264 g/mol. The zero-order valence-corrected chi connectivity index (χ0v) is 11.1. The van der Waals surface area contributed by atoms with E-state index in [1.807, 2.05) is 0 Å². The van der Waals surface area contributed by atoms with Crippen LogP contribution in [0, 0.1) is 5.82 Å². The van der Waals surface area contributed by atoms with Crippen molar-refractivity contribution in [1.82, 2.24) is 4.90 Å². The maximum Gasteiger partial charge on any atom is 0.123 e. The number of hydrogen-bond donors (Lipinski definition) is 1. The van der Waals surface area contributed by atoms with E-state index in [4.69, 9.17) is 10.5 Å². The molecule has 19 heavy (non-hydrogen) atoms. The highest BCUT2D eigenvalue weighted by molar-refractivity contribution is 5.22. The van der Waals surface area contributed by atoms with Gasteiger partial charge in [-0.05, 0) is 49.9 Å². The molecule has 3 nitrogen and oxygen atoms in total. The molecule has 0 radical (unpaired) electrons. The van der Waals surface area contributed by atoms with Crippen molar-refractivity contribution < 1.29 is 9.13 Å². The number of ether oxygens (including phenoxy) is 1. The summed E-state index contributed by atoms with van der Waals surface area (Å²) in [6.45, 7) is 1.60. The van der Waals surface area contributed by atoms with E-state index < -0.39 is 0 Å². The molecule has 2 aliphatic rings. The predicted octanol–water partition coefficient (Wildman–Crippen LogP) is 2.16. The lowest BCUT2D eigenvalue weighted by Gasteiger charge is -2.37. The van der Waals surface area contributed by atoms with Gasteiger partial charge in [0.15, 0.2) is 0 Å². The minimum atomic E-state index is -0.226. The maximum absolute atomic E-state index is 12.8. The normalized spacial score (nSPS) is 30.5. The van der Waals surface area contributed by atoms with Gasteiger partial charge in [0.05, 0.1) is 0 Å². The quantitative estimate of drug-likeness (QED) is 0.905. The second-order valence-electron chi connectivity index (χ2n) is 5.66. The summed E-state index contributed by atoms with van der Waals surface area (Å²) in [5, 5.41) is 0. The molecular formula is C15H21FN2O. The van der Waals surface area contributed by atoms with Crippen molar-refractivity contribution in [3.63, 3.8) is 0 Å². The van der Waals surface area contributed by atoms with Crippen LogP contribution in [0.4, 0.5) is 4.39 Å². The number of fused-ring (bicyclic) bond motifs is 2. The first-order valence-corrected chi connectivity index (χ1v) is 7.12. The Morgan fingerprint density at radius 3 is 2.42 bits per heavy atom. The Kier molecular flexibility index (Phi) is 3.71. The topological polar surface area (TPSA) is 38.5 Å². The van der Waals surface area contributed by atoms with Crippen molar-refractivity contribution in [2.45, 2.75) is 43.8 Å². The Morgan fingerprint density at radius 2 is 1.79 bits per heavy atom. The third-order valence-corrected chi connectivity index (χ3v) is 4.35. The molecule has 2 bridgehead atoms. The average molecular weight is 264 g/mol. The van der Waals surface area contributed by atoms with Crippen LogP contribution in [0.1, 0.15) is 25.7 Å². The van der Waals surface area contributed by atoms with Crippen molar-refractivity contribution in [2.24, 2.45) is 5.73 Å². The standard InChI is InChI=1S/C15H21FN2O/c16-11-1-5-15(6-2-11)19-8-7-18-13-3-4-14(18)10-12(17)9-13/h1-2,5-6,12-14H,3-4,7-10,17H2. The molecular weight excluding hydrogens is 243 g/mol. The van der Waals surface area contributed by atoms with Gasteiger partial charge in [-0.2, -0.15) is 0 Å². The average Bonchev–Trinajstić information content (AvgIpc) is 2.64. The number of halogens is 1. The Bertz CT molecular complexity index is 409. The second kappa shape index (κ2) is 5.47. The van der Waals surface area contributed by atoms with E-state index in [0.29, 0.717) is 24.7 Å². The Labute approximate surface area is 113 Å². The summed E-state index contributed by atoms with van der Waals surface area (Å²) in [6, 6.07) is 7.88. The first kappa shape index (κ1) is 12.9. The van der Waals surface area contributed by atoms with E-state index in [1.54, 1.807) is 12.1 Å². The van der Waals surface area contributed by atoms with Crippen LogP contribution in [-0.4, -0.2) is 36.2 Å². The molecule has 2 saturated heterocycles. The summed E-state index contributed by atoms with van der Waals surface area (Å²) >= 11 is 0. The lowest BCUT2D eigenvalue weighted by molar-refractivity contribution is 0.106. The van der Waals surface area contributed by atoms with Gasteiger partial charge in [0.2, 0.25) is 0 Å². The van der Waals surface area contributed by atoms with Gasteiger partial charge in [0.1, 0.15) is 18.2 Å². The summed E-state index contributed by atoms with van der Waals surface area (Å²) < 4.78 is 18.4. The summed E-state index contributed by atoms with van der Waals surface area (Å²) in [6.07, 6.45) is 4.78. The van der Waals surface area contributed by atoms with E-state index in [0.717, 1.165) is 25.1 Å². The molecule has 0 saturated carbocycles. The zero-order valence-electron chi connectivity index (χ0n) is 11.1. The highest BCUT2D eigenvalue weighted by Crippen LogP contribution is 2.34. The van der Waals surface area contributed by atoms with E-state index in [-0.39, 0.29) is 5.82 Å². The van der Waals surface area contributed by atoms with Crippen LogP contribution >= 0.6 is 0 Å². The third-order valence-electron chi connectivity index (χ3n) is 4.35. The van der Waals surface area contributed by atoms with Gasteiger partial charge in [0, 0.05) is 24.7 Å². The van der Waals surface area contributed by atoms with Crippen LogP contribution in [0.25, 0.3) is 0 Å². The van der Waals surface area contributed by atoms with Crippen LogP contribution in [-0.2, 0) is 0 Å². The lowest BCUT2D eigenvalue weighted by atomic mass is 9.98. The SMILES string of the molecule is NC1CC2CCC(C1)N2CCOc1ccc(F)cc1. The van der Waals surface area contributed by atoms with Crippen molar-refractivity contribution in [1.29, 1.82) is 0 Å². The number of piperidine rings is 1. The van der Waals surface area contributed by atoms with E-state index in [9.17, 15) is 4.39 Å². The van der Waals surface area contributed by atoms with Gasteiger partial charge in [-0.25, -0.2) is 4.39 Å². The molecule has 0 aliphatic carbocycles. The smallest absolute Gasteiger partial charge is 0.123 e. The first-order chi connectivity index (χ1) is 9.22. The van der Waals surface area contributed by atoms with Crippen LogP contribution in [0.3, 0.4) is 0 Å². The minimum Gasteiger partial charge on any atom is -0.492 e. The minimum absolute atomic E-state index is 0.226. The van der Waals surface area contributed by atoms with Crippen LogP contribution < -0.4 is 10.5 Å². The van der Waals surface area contributed by atoms with Gasteiger partial charge in [-0.15, -0.1) is 0 Å². The van der Waals surface area contributed by atoms with Gasteiger partial charge in [-0.1, -0.05) is 0 Å². The van der Waals surface area contributed by atoms with Gasteiger partial charge >= 0.3 is 0 Å². The molecule has 2 N–H and O–H groups in total. The van der Waals surface area contributed by atoms with Crippen molar-refractivity contribution in [2.75, 3.05) is 13.2 Å². The van der Waals surface area contributed by atoms with Crippen LogP contribution in [0.15, 0.2) is 24.3 Å². The molecule has 4 heteroatoms. The number of rotatable bonds is 4. The number of benzene rings is 1. The van der Waals surface area contributed by atoms with Crippen molar-refractivity contribution in [3.05, 3.63) is 30.1 Å². The highest BCUT2D eigenvalue weighted by atomic mass is 19.1. The number of nitrogens with zero attached hydrogens (tertiary/aromatic N) is 1. The summed E-state index contributed by atoms with van der Waals surface area (Å²) in [7, 11) is 0. The molecule has 2 aliphatic heterocycles. The Morgan fingerprint density at radius 1 is 1.16 bits per heavy atom. The molecule has 3 rings (SSSR count). The number of nitrogens with two attached hydrogens (primary N) is 1. The summed E-state index contributed by atoms with van der Waals surface area (Å²) in [5.41, 5.74) is 6.06. The lowest BCUT2D eigenvalue weighted by Crippen LogP contribution is -2.48. The molecule has 0 amide bonds. The third kappa shape index (κ3) is 2.90. The van der Waals surface area contributed by atoms with Gasteiger partial charge < -0.3 is 10.5 Å². The van der Waals surface area contributed by atoms with Crippen molar-refractivity contribution in [3.8, 4) is 5.75 Å². The molecule has 2 heterocycles. The molecule has 0 spiro atoms. The van der Waals surface area contributed by atoms with Crippen LogP contribution in [0.2, 0.25) is 0 Å². The van der Waals surface area contributed by atoms with Crippen molar-refractivity contribution >= 4 is 0 Å². The van der Waals surface area contributed by atoms with E-state index in [1.165, 1.54) is 25.0 Å². The van der Waals surface area contributed by atoms with E-state index >= 15 is 0 Å². The Hall–Kier alpha value is -1.13. The van der Waals surface area contributed by atoms with Crippen LogP contribution in [0.5, 0.6) is 5.75 Å². The molecule has 2 unspecified atom stereocenters. The molecule has 1 aromatic rings. The molecule has 0 aromatic heterocycles. The molecule has 2 atom stereocenters. The van der Waals surface area contributed by atoms with E-state index in [2.05, 4.69) is 4.90 Å². The molecule has 1 aromatic carbocycles. The summed E-state index contributed by atoms with van der Waals surface area (Å²) in [4.78, 5) is 2.55. The molecule has 104 valence electrons. The fraction of sp³-hybridized carbons (Fsp3) is 0.600. The zero-order chi connectivity index (χ0) is 13.2. The fourth-order valence-corrected chi connectivity index (χ4v) is 3.48. The maximum atomic E-state index is 12.8. The van der Waals surface area contributed by atoms with Gasteiger partial charge in [0.25, 0.3) is 0 Å². The Balaban J connectivity index is 1.49. The number of hydrogen-bond acceptors (Lipinski definition) is 3. The predicted molar refractivity (Wildman–Crippen MR) is 72.6 cm³/mol. The molecule has 2 fully saturated rings.